The normalized spacial score (nSPS) is 13.6. The van der Waals surface area contributed by atoms with E-state index in [0.717, 1.165) is 27.9 Å². The average Bonchev–Trinajstić information content (AvgIpc) is 2.81. The summed E-state index contributed by atoms with van der Waals surface area (Å²) in [5.41, 5.74) is 10.2. The SMILES string of the molecule is CC(C)n1c2c(c3c(N)ncnc31)-c1ccc(Cl)cc1C(=O)NC2. The van der Waals surface area contributed by atoms with Crippen molar-refractivity contribution in [3.63, 3.8) is 0 Å². The van der Waals surface area contributed by atoms with Gasteiger partial charge < -0.3 is 15.6 Å². The van der Waals surface area contributed by atoms with Gasteiger partial charge >= 0.3 is 0 Å². The van der Waals surface area contributed by atoms with E-state index in [1.54, 1.807) is 12.1 Å². The van der Waals surface area contributed by atoms with Crippen molar-refractivity contribution in [3.8, 4) is 11.1 Å². The van der Waals surface area contributed by atoms with Crippen LogP contribution in [0.25, 0.3) is 22.2 Å². The van der Waals surface area contributed by atoms with Crippen LogP contribution in [-0.4, -0.2) is 20.4 Å². The van der Waals surface area contributed by atoms with Gasteiger partial charge in [0, 0.05) is 27.9 Å². The first-order valence-electron chi connectivity index (χ1n) is 7.70. The molecule has 24 heavy (non-hydrogen) atoms. The third-order valence-electron chi connectivity index (χ3n) is 4.34. The lowest BCUT2D eigenvalue weighted by molar-refractivity contribution is 0.0952. The van der Waals surface area contributed by atoms with E-state index < -0.39 is 0 Å². The Labute approximate surface area is 143 Å². The molecule has 4 rings (SSSR count). The molecule has 0 spiro atoms. The zero-order valence-corrected chi connectivity index (χ0v) is 14.1. The van der Waals surface area contributed by atoms with Crippen LogP contribution in [0.5, 0.6) is 0 Å². The largest absolute Gasteiger partial charge is 0.383 e. The average molecular weight is 342 g/mol. The van der Waals surface area contributed by atoms with Crippen LogP contribution in [0.15, 0.2) is 24.5 Å². The number of nitrogens with zero attached hydrogens (tertiary/aromatic N) is 3. The predicted octanol–water partition coefficient (Wildman–Crippen LogP) is 3.16. The summed E-state index contributed by atoms with van der Waals surface area (Å²) >= 11 is 6.09. The van der Waals surface area contributed by atoms with E-state index in [9.17, 15) is 4.79 Å². The van der Waals surface area contributed by atoms with Gasteiger partial charge in [0.15, 0.2) is 0 Å². The number of aromatic nitrogens is 3. The number of amides is 1. The van der Waals surface area contributed by atoms with Crippen LogP contribution < -0.4 is 11.1 Å². The molecule has 3 N–H and O–H groups in total. The van der Waals surface area contributed by atoms with E-state index in [2.05, 4.69) is 33.7 Å². The van der Waals surface area contributed by atoms with Gasteiger partial charge in [-0.15, -0.1) is 0 Å². The molecule has 122 valence electrons. The van der Waals surface area contributed by atoms with Crippen LogP contribution in [0.3, 0.4) is 0 Å². The zero-order chi connectivity index (χ0) is 17.0. The van der Waals surface area contributed by atoms with E-state index in [1.165, 1.54) is 6.33 Å². The van der Waals surface area contributed by atoms with Crippen LogP contribution in [0.1, 0.15) is 35.9 Å². The van der Waals surface area contributed by atoms with Crippen molar-refractivity contribution >= 4 is 34.4 Å². The molecular formula is C17H16ClN5O. The van der Waals surface area contributed by atoms with Gasteiger partial charge in [-0.25, -0.2) is 9.97 Å². The molecule has 3 heterocycles. The number of hydrogen-bond acceptors (Lipinski definition) is 4. The van der Waals surface area contributed by atoms with Gasteiger partial charge in [-0.1, -0.05) is 17.7 Å². The number of fused-ring (bicyclic) bond motifs is 5. The van der Waals surface area contributed by atoms with Crippen molar-refractivity contribution in [2.75, 3.05) is 5.73 Å². The number of nitrogen functional groups attached to an aromatic ring is 1. The maximum Gasteiger partial charge on any atom is 0.252 e. The van der Waals surface area contributed by atoms with Gasteiger partial charge in [0.1, 0.15) is 17.8 Å². The molecular weight excluding hydrogens is 326 g/mol. The van der Waals surface area contributed by atoms with Crippen molar-refractivity contribution in [1.82, 2.24) is 19.9 Å². The minimum absolute atomic E-state index is 0.150. The lowest BCUT2D eigenvalue weighted by atomic mass is 9.98. The Morgan fingerprint density at radius 3 is 2.83 bits per heavy atom. The minimum atomic E-state index is -0.150. The molecule has 0 fully saturated rings. The summed E-state index contributed by atoms with van der Waals surface area (Å²) in [6.45, 7) is 4.55. The molecule has 0 aliphatic carbocycles. The summed E-state index contributed by atoms with van der Waals surface area (Å²) in [6, 6.07) is 5.48. The first kappa shape index (κ1) is 15.0. The summed E-state index contributed by atoms with van der Waals surface area (Å²) in [4.78, 5) is 21.1. The molecule has 1 aromatic carbocycles. The minimum Gasteiger partial charge on any atom is -0.383 e. The Bertz CT molecular complexity index is 992. The second kappa shape index (κ2) is 5.21. The maximum atomic E-state index is 12.5. The molecule has 1 amide bonds. The van der Waals surface area contributed by atoms with E-state index in [4.69, 9.17) is 17.3 Å². The first-order chi connectivity index (χ1) is 11.5. The van der Waals surface area contributed by atoms with Gasteiger partial charge in [0.2, 0.25) is 0 Å². The number of rotatable bonds is 1. The van der Waals surface area contributed by atoms with E-state index >= 15 is 0 Å². The van der Waals surface area contributed by atoms with Gasteiger partial charge in [0.25, 0.3) is 5.91 Å². The van der Waals surface area contributed by atoms with Crippen LogP contribution in [-0.2, 0) is 6.54 Å². The van der Waals surface area contributed by atoms with Crippen molar-refractivity contribution in [2.24, 2.45) is 0 Å². The quantitative estimate of drug-likeness (QED) is 0.712. The standard InChI is InChI=1S/C17H16ClN5O/c1-8(2)23-12-6-20-17(24)11-5-9(18)3-4-10(11)13(12)14-15(19)21-7-22-16(14)23/h3-5,7-8H,6H2,1-2H3,(H,20,24)(H2,19,21,22). The summed E-state index contributed by atoms with van der Waals surface area (Å²) in [6.07, 6.45) is 1.47. The van der Waals surface area contributed by atoms with Gasteiger partial charge in [-0.2, -0.15) is 0 Å². The Hall–Kier alpha value is -2.60. The molecule has 1 aliphatic rings. The molecule has 7 heteroatoms. The van der Waals surface area contributed by atoms with Crippen LogP contribution in [0.4, 0.5) is 5.82 Å². The highest BCUT2D eigenvalue weighted by atomic mass is 35.5. The van der Waals surface area contributed by atoms with E-state index in [-0.39, 0.29) is 11.9 Å². The van der Waals surface area contributed by atoms with Crippen LogP contribution >= 0.6 is 11.6 Å². The summed E-state index contributed by atoms with van der Waals surface area (Å²) in [5, 5.41) is 4.25. The number of hydrogen-bond donors (Lipinski definition) is 2. The summed E-state index contributed by atoms with van der Waals surface area (Å²) in [7, 11) is 0. The fraction of sp³-hybridized carbons (Fsp3) is 0.235. The molecule has 0 atom stereocenters. The smallest absolute Gasteiger partial charge is 0.252 e. The maximum absolute atomic E-state index is 12.5. The monoisotopic (exact) mass is 341 g/mol. The molecule has 0 unspecified atom stereocenters. The zero-order valence-electron chi connectivity index (χ0n) is 13.3. The van der Waals surface area contributed by atoms with Gasteiger partial charge in [-0.3, -0.25) is 4.79 Å². The molecule has 3 aromatic rings. The summed E-state index contributed by atoms with van der Waals surface area (Å²) < 4.78 is 2.10. The van der Waals surface area contributed by atoms with Crippen molar-refractivity contribution in [3.05, 3.63) is 40.8 Å². The number of halogens is 1. The lowest BCUT2D eigenvalue weighted by Gasteiger charge is -2.14. The second-order valence-electron chi connectivity index (χ2n) is 6.12. The van der Waals surface area contributed by atoms with E-state index in [0.29, 0.717) is 22.9 Å². The Morgan fingerprint density at radius 1 is 1.29 bits per heavy atom. The number of carbonyl (C=O) groups excluding carboxylic acids is 1. The van der Waals surface area contributed by atoms with E-state index in [1.807, 2.05) is 6.07 Å². The number of carbonyl (C=O) groups is 1. The van der Waals surface area contributed by atoms with Gasteiger partial charge in [0.05, 0.1) is 11.9 Å². The lowest BCUT2D eigenvalue weighted by Crippen LogP contribution is -2.23. The first-order valence-corrected chi connectivity index (χ1v) is 8.08. The fourth-order valence-corrected chi connectivity index (χ4v) is 3.58. The molecule has 1 aliphatic heterocycles. The molecule has 6 nitrogen and oxygen atoms in total. The molecule has 0 saturated heterocycles. The number of anilines is 1. The predicted molar refractivity (Wildman–Crippen MR) is 93.9 cm³/mol. The molecule has 0 bridgehead atoms. The number of nitrogens with one attached hydrogen (secondary N) is 1. The third kappa shape index (κ3) is 1.99. The number of benzene rings is 1. The van der Waals surface area contributed by atoms with Crippen molar-refractivity contribution in [2.45, 2.75) is 26.4 Å². The highest BCUT2D eigenvalue weighted by molar-refractivity contribution is 6.31. The Morgan fingerprint density at radius 2 is 2.08 bits per heavy atom. The molecule has 0 radical (unpaired) electrons. The van der Waals surface area contributed by atoms with Crippen molar-refractivity contribution < 1.29 is 4.79 Å². The number of nitrogens with two attached hydrogens (primary N) is 1. The second-order valence-corrected chi connectivity index (χ2v) is 6.55. The molecule has 2 aromatic heterocycles. The fourth-order valence-electron chi connectivity index (χ4n) is 3.41. The summed E-state index contributed by atoms with van der Waals surface area (Å²) in [5.74, 6) is 0.258. The van der Waals surface area contributed by atoms with Gasteiger partial charge in [-0.05, 0) is 31.5 Å². The highest BCUT2D eigenvalue weighted by Gasteiger charge is 2.29. The topological polar surface area (TPSA) is 85.8 Å². The Balaban J connectivity index is 2.20. The molecule has 0 saturated carbocycles. The van der Waals surface area contributed by atoms with Crippen molar-refractivity contribution in [1.29, 1.82) is 0 Å². The van der Waals surface area contributed by atoms with Crippen LogP contribution in [0, 0.1) is 0 Å². The Kier molecular flexibility index (Phi) is 3.25. The van der Waals surface area contributed by atoms with Crippen LogP contribution in [0.2, 0.25) is 5.02 Å². The highest BCUT2D eigenvalue weighted by Crippen LogP contribution is 2.41. The third-order valence-corrected chi connectivity index (χ3v) is 4.58.